The van der Waals surface area contributed by atoms with Gasteiger partial charge in [0.25, 0.3) is 0 Å². The van der Waals surface area contributed by atoms with E-state index in [9.17, 15) is 4.79 Å². The van der Waals surface area contributed by atoms with Gasteiger partial charge in [-0.3, -0.25) is 0 Å². The van der Waals surface area contributed by atoms with Gasteiger partial charge in [-0.25, -0.2) is 19.7 Å². The van der Waals surface area contributed by atoms with Crippen LogP contribution in [0.1, 0.15) is 26.6 Å². The van der Waals surface area contributed by atoms with Crippen LogP contribution in [0.3, 0.4) is 0 Å². The Kier molecular flexibility index (Phi) is 3.52. The number of thiazole rings is 1. The molecule has 7 heteroatoms. The normalized spacial score (nSPS) is 10.3. The zero-order chi connectivity index (χ0) is 13.1. The van der Waals surface area contributed by atoms with Gasteiger partial charge in [-0.15, -0.1) is 11.3 Å². The first-order valence-electron chi connectivity index (χ1n) is 5.27. The maximum Gasteiger partial charge on any atom is 0.339 e. The molecule has 0 spiro atoms. The molecule has 0 saturated carbocycles. The second-order valence-electron chi connectivity index (χ2n) is 3.71. The van der Waals surface area contributed by atoms with E-state index in [4.69, 9.17) is 5.11 Å². The number of nitrogens with zero attached hydrogens (tertiary/aromatic N) is 3. The highest BCUT2D eigenvalue weighted by Crippen LogP contribution is 2.14. The predicted molar refractivity (Wildman–Crippen MR) is 67.9 cm³/mol. The van der Waals surface area contributed by atoms with Crippen molar-refractivity contribution in [1.82, 2.24) is 15.0 Å². The van der Waals surface area contributed by atoms with E-state index in [-0.39, 0.29) is 5.56 Å². The van der Waals surface area contributed by atoms with Crippen LogP contribution in [0.25, 0.3) is 0 Å². The third kappa shape index (κ3) is 2.62. The van der Waals surface area contributed by atoms with Crippen LogP contribution in [0.2, 0.25) is 0 Å². The fraction of sp³-hybridized carbons (Fsp3) is 0.273. The number of anilines is 1. The summed E-state index contributed by atoms with van der Waals surface area (Å²) in [6, 6.07) is 0. The summed E-state index contributed by atoms with van der Waals surface area (Å²) in [6.45, 7) is 4.17. The summed E-state index contributed by atoms with van der Waals surface area (Å²) in [5.74, 6) is -0.595. The maximum absolute atomic E-state index is 10.8. The van der Waals surface area contributed by atoms with Crippen LogP contribution in [0, 0.1) is 13.8 Å². The smallest absolute Gasteiger partial charge is 0.339 e. The monoisotopic (exact) mass is 264 g/mol. The summed E-state index contributed by atoms with van der Waals surface area (Å²) in [6.07, 6.45) is 1.31. The van der Waals surface area contributed by atoms with Crippen LogP contribution in [0.5, 0.6) is 0 Å². The lowest BCUT2D eigenvalue weighted by Gasteiger charge is -2.05. The van der Waals surface area contributed by atoms with Crippen LogP contribution in [0.15, 0.2) is 11.7 Å². The average Bonchev–Trinajstić information content (AvgIpc) is 2.72. The fourth-order valence-electron chi connectivity index (χ4n) is 1.42. The number of carboxylic acids is 1. The first-order chi connectivity index (χ1) is 8.58. The van der Waals surface area contributed by atoms with Crippen molar-refractivity contribution in [3.8, 4) is 0 Å². The molecule has 0 unspecified atom stereocenters. The summed E-state index contributed by atoms with van der Waals surface area (Å²) in [5.41, 5.74) is 3.33. The molecule has 0 aliphatic rings. The van der Waals surface area contributed by atoms with Crippen molar-refractivity contribution in [3.05, 3.63) is 33.5 Å². The molecule has 0 bridgehead atoms. The Morgan fingerprint density at radius 1 is 1.39 bits per heavy atom. The van der Waals surface area contributed by atoms with Gasteiger partial charge in [-0.05, 0) is 13.8 Å². The molecule has 0 aliphatic heterocycles. The number of hydrogen-bond acceptors (Lipinski definition) is 6. The summed E-state index contributed by atoms with van der Waals surface area (Å²) >= 11 is 1.56. The summed E-state index contributed by atoms with van der Waals surface area (Å²) in [5, 5.41) is 11.9. The number of aromatic nitrogens is 3. The van der Waals surface area contributed by atoms with Gasteiger partial charge in [0.05, 0.1) is 29.0 Å². The van der Waals surface area contributed by atoms with Crippen LogP contribution < -0.4 is 5.32 Å². The van der Waals surface area contributed by atoms with E-state index in [0.717, 1.165) is 10.6 Å². The number of carboxylic acid groups (broad SMARTS) is 1. The number of aromatic carboxylic acids is 1. The summed E-state index contributed by atoms with van der Waals surface area (Å²) in [7, 11) is 0. The van der Waals surface area contributed by atoms with Crippen LogP contribution in [-0.4, -0.2) is 26.0 Å². The van der Waals surface area contributed by atoms with Gasteiger partial charge in [0.1, 0.15) is 0 Å². The molecule has 0 aromatic carbocycles. The van der Waals surface area contributed by atoms with Gasteiger partial charge in [0.2, 0.25) is 5.95 Å². The molecule has 6 nitrogen and oxygen atoms in total. The zero-order valence-corrected chi connectivity index (χ0v) is 10.8. The Hall–Kier alpha value is -2.02. The first-order valence-corrected chi connectivity index (χ1v) is 6.15. The molecule has 0 aliphatic carbocycles. The van der Waals surface area contributed by atoms with Gasteiger partial charge in [-0.1, -0.05) is 0 Å². The minimum Gasteiger partial charge on any atom is -0.478 e. The maximum atomic E-state index is 10.8. The molecule has 2 heterocycles. The van der Waals surface area contributed by atoms with Crippen LogP contribution >= 0.6 is 11.3 Å². The SMILES string of the molecule is Cc1nc(NCc2scnc2C)ncc1C(=O)O. The van der Waals surface area contributed by atoms with E-state index in [1.807, 2.05) is 6.92 Å². The van der Waals surface area contributed by atoms with Crippen molar-refractivity contribution >= 4 is 23.3 Å². The Labute approximate surface area is 108 Å². The number of rotatable bonds is 4. The predicted octanol–water partition coefficient (Wildman–Crippen LogP) is 1.86. The van der Waals surface area contributed by atoms with E-state index < -0.39 is 5.97 Å². The van der Waals surface area contributed by atoms with E-state index in [2.05, 4.69) is 20.3 Å². The van der Waals surface area contributed by atoms with Crippen molar-refractivity contribution in [3.63, 3.8) is 0 Å². The Morgan fingerprint density at radius 2 is 2.17 bits per heavy atom. The summed E-state index contributed by atoms with van der Waals surface area (Å²) < 4.78 is 0. The van der Waals surface area contributed by atoms with E-state index >= 15 is 0 Å². The van der Waals surface area contributed by atoms with E-state index in [1.165, 1.54) is 6.20 Å². The number of hydrogen-bond donors (Lipinski definition) is 2. The molecule has 2 rings (SSSR count). The molecular formula is C11H12N4O2S. The van der Waals surface area contributed by atoms with Gasteiger partial charge >= 0.3 is 5.97 Å². The first kappa shape index (κ1) is 12.4. The Morgan fingerprint density at radius 3 is 2.72 bits per heavy atom. The molecule has 0 atom stereocenters. The van der Waals surface area contributed by atoms with Crippen molar-refractivity contribution in [2.45, 2.75) is 20.4 Å². The highest BCUT2D eigenvalue weighted by atomic mass is 32.1. The lowest BCUT2D eigenvalue weighted by atomic mass is 10.2. The number of carbonyl (C=O) groups is 1. The molecule has 0 saturated heterocycles. The molecule has 0 amide bonds. The molecule has 2 N–H and O–H groups in total. The standard InChI is InChI=1S/C11H12N4O2S/c1-6-8(10(16)17)3-12-11(15-6)13-4-9-7(2)14-5-18-9/h3,5H,4H2,1-2H3,(H,16,17)(H,12,13,15). The second-order valence-corrected chi connectivity index (χ2v) is 4.65. The van der Waals surface area contributed by atoms with Gasteiger partial charge < -0.3 is 10.4 Å². The summed E-state index contributed by atoms with van der Waals surface area (Å²) in [4.78, 5) is 24.1. The van der Waals surface area contributed by atoms with Gasteiger partial charge in [0, 0.05) is 11.1 Å². The minimum atomic E-state index is -1.02. The largest absolute Gasteiger partial charge is 0.478 e. The highest BCUT2D eigenvalue weighted by Gasteiger charge is 2.10. The topological polar surface area (TPSA) is 88.0 Å². The molecule has 2 aromatic heterocycles. The third-order valence-electron chi connectivity index (χ3n) is 2.46. The quantitative estimate of drug-likeness (QED) is 0.876. The third-order valence-corrected chi connectivity index (χ3v) is 3.40. The van der Waals surface area contributed by atoms with Crippen LogP contribution in [0.4, 0.5) is 5.95 Å². The molecule has 18 heavy (non-hydrogen) atoms. The van der Waals surface area contributed by atoms with Gasteiger partial charge in [-0.2, -0.15) is 0 Å². The fourth-order valence-corrected chi connectivity index (χ4v) is 2.13. The van der Waals surface area contributed by atoms with E-state index in [1.54, 1.807) is 23.8 Å². The average molecular weight is 264 g/mol. The highest BCUT2D eigenvalue weighted by molar-refractivity contribution is 7.09. The molecule has 0 fully saturated rings. The van der Waals surface area contributed by atoms with E-state index in [0.29, 0.717) is 18.2 Å². The minimum absolute atomic E-state index is 0.120. The Balaban J connectivity index is 2.09. The number of nitrogens with one attached hydrogen (secondary N) is 1. The van der Waals surface area contributed by atoms with Crippen molar-refractivity contribution in [1.29, 1.82) is 0 Å². The lowest BCUT2D eigenvalue weighted by molar-refractivity contribution is 0.0695. The second kappa shape index (κ2) is 5.09. The molecule has 94 valence electrons. The molecule has 2 aromatic rings. The molecule has 0 radical (unpaired) electrons. The Bertz CT molecular complexity index is 582. The van der Waals surface area contributed by atoms with Gasteiger partial charge in [0.15, 0.2) is 0 Å². The van der Waals surface area contributed by atoms with Crippen LogP contribution in [-0.2, 0) is 6.54 Å². The number of aryl methyl sites for hydroxylation is 2. The van der Waals surface area contributed by atoms with Crippen molar-refractivity contribution in [2.24, 2.45) is 0 Å². The zero-order valence-electron chi connectivity index (χ0n) is 9.97. The van der Waals surface area contributed by atoms with Crippen molar-refractivity contribution < 1.29 is 9.90 Å². The molecular weight excluding hydrogens is 252 g/mol. The van der Waals surface area contributed by atoms with Crippen molar-refractivity contribution in [2.75, 3.05) is 5.32 Å². The lowest BCUT2D eigenvalue weighted by Crippen LogP contribution is -2.08.